The Morgan fingerprint density at radius 3 is 2.83 bits per heavy atom. The van der Waals surface area contributed by atoms with Crippen LogP contribution in [0.1, 0.15) is 25.8 Å². The predicted octanol–water partition coefficient (Wildman–Crippen LogP) is 2.26. The Labute approximate surface area is 108 Å². The number of rotatable bonds is 7. The van der Waals surface area contributed by atoms with Crippen molar-refractivity contribution in [3.05, 3.63) is 29.6 Å². The molecule has 2 N–H and O–H groups in total. The second kappa shape index (κ2) is 6.71. The molecule has 1 aromatic rings. The third kappa shape index (κ3) is 5.02. The predicted molar refractivity (Wildman–Crippen MR) is 70.4 cm³/mol. The molecule has 1 rings (SSSR count). The summed E-state index contributed by atoms with van der Waals surface area (Å²) < 4.78 is 18.5. The summed E-state index contributed by atoms with van der Waals surface area (Å²) in [5.41, 5.74) is -0.109. The second-order valence-electron chi connectivity index (χ2n) is 4.87. The van der Waals surface area contributed by atoms with Gasteiger partial charge in [-0.25, -0.2) is 4.39 Å². The Balaban J connectivity index is 2.50. The third-order valence-corrected chi connectivity index (χ3v) is 2.62. The van der Waals surface area contributed by atoms with E-state index in [1.165, 1.54) is 12.1 Å². The van der Waals surface area contributed by atoms with Crippen LogP contribution in [-0.4, -0.2) is 30.4 Å². The highest BCUT2D eigenvalue weighted by Crippen LogP contribution is 2.20. The molecule has 1 unspecified atom stereocenters. The monoisotopic (exact) mass is 255 g/mol. The molecular formula is C14H22FNO2. The van der Waals surface area contributed by atoms with Crippen LogP contribution in [0.4, 0.5) is 4.39 Å². The van der Waals surface area contributed by atoms with Gasteiger partial charge in [-0.15, -0.1) is 0 Å². The average Bonchev–Trinajstić information content (AvgIpc) is 2.31. The lowest BCUT2D eigenvalue weighted by Gasteiger charge is -2.24. The van der Waals surface area contributed by atoms with E-state index < -0.39 is 5.60 Å². The van der Waals surface area contributed by atoms with Crippen LogP contribution in [0.25, 0.3) is 0 Å². The summed E-state index contributed by atoms with van der Waals surface area (Å²) in [6.07, 6.45) is 1.01. The highest BCUT2D eigenvalue weighted by molar-refractivity contribution is 5.32. The molecule has 18 heavy (non-hydrogen) atoms. The molecule has 0 amide bonds. The Morgan fingerprint density at radius 1 is 1.44 bits per heavy atom. The molecule has 0 aromatic heterocycles. The first-order valence-electron chi connectivity index (χ1n) is 6.26. The summed E-state index contributed by atoms with van der Waals surface area (Å²) in [6, 6.07) is 4.39. The number of hydrogen-bond acceptors (Lipinski definition) is 3. The van der Waals surface area contributed by atoms with Crippen molar-refractivity contribution in [1.29, 1.82) is 0 Å². The summed E-state index contributed by atoms with van der Waals surface area (Å²) in [5.74, 6) is 0.144. The Kier molecular flexibility index (Phi) is 5.56. The smallest absolute Gasteiger partial charge is 0.126 e. The molecule has 0 heterocycles. The van der Waals surface area contributed by atoms with Crippen LogP contribution in [0.5, 0.6) is 5.75 Å². The SMILES string of the molecule is CCCNCC(C)(O)COc1cc(F)ccc1C. The van der Waals surface area contributed by atoms with Gasteiger partial charge in [-0.3, -0.25) is 0 Å². The lowest BCUT2D eigenvalue weighted by atomic mass is 10.1. The van der Waals surface area contributed by atoms with Gasteiger partial charge in [-0.2, -0.15) is 0 Å². The zero-order chi connectivity index (χ0) is 13.6. The van der Waals surface area contributed by atoms with E-state index in [2.05, 4.69) is 12.2 Å². The Bertz CT molecular complexity index is 380. The van der Waals surface area contributed by atoms with Crippen LogP contribution in [0.15, 0.2) is 18.2 Å². The van der Waals surface area contributed by atoms with E-state index in [1.807, 2.05) is 6.92 Å². The maximum atomic E-state index is 13.1. The molecule has 0 saturated heterocycles. The van der Waals surface area contributed by atoms with Gasteiger partial charge in [0.15, 0.2) is 0 Å². The van der Waals surface area contributed by atoms with Gasteiger partial charge in [-0.1, -0.05) is 13.0 Å². The van der Waals surface area contributed by atoms with E-state index in [9.17, 15) is 9.50 Å². The molecule has 1 aromatic carbocycles. The van der Waals surface area contributed by atoms with Gasteiger partial charge in [0.1, 0.15) is 23.8 Å². The molecule has 0 radical (unpaired) electrons. The molecule has 1 atom stereocenters. The minimum absolute atomic E-state index is 0.133. The van der Waals surface area contributed by atoms with Gasteiger partial charge in [-0.05, 0) is 38.4 Å². The first kappa shape index (κ1) is 14.9. The lowest BCUT2D eigenvalue weighted by molar-refractivity contribution is 0.0122. The van der Waals surface area contributed by atoms with Crippen LogP contribution in [0.2, 0.25) is 0 Å². The maximum Gasteiger partial charge on any atom is 0.126 e. The zero-order valence-electron chi connectivity index (χ0n) is 11.3. The fraction of sp³-hybridized carbons (Fsp3) is 0.571. The fourth-order valence-corrected chi connectivity index (χ4v) is 1.55. The minimum Gasteiger partial charge on any atom is -0.490 e. The van der Waals surface area contributed by atoms with Crippen molar-refractivity contribution in [2.24, 2.45) is 0 Å². The van der Waals surface area contributed by atoms with Crippen molar-refractivity contribution in [3.63, 3.8) is 0 Å². The molecule has 4 heteroatoms. The molecule has 0 bridgehead atoms. The van der Waals surface area contributed by atoms with Gasteiger partial charge in [0, 0.05) is 12.6 Å². The van der Waals surface area contributed by atoms with E-state index in [4.69, 9.17) is 4.74 Å². The van der Waals surface area contributed by atoms with E-state index in [1.54, 1.807) is 13.0 Å². The van der Waals surface area contributed by atoms with Crippen LogP contribution < -0.4 is 10.1 Å². The Morgan fingerprint density at radius 2 is 2.17 bits per heavy atom. The van der Waals surface area contributed by atoms with Crippen molar-refractivity contribution in [1.82, 2.24) is 5.32 Å². The highest BCUT2D eigenvalue weighted by atomic mass is 19.1. The standard InChI is InChI=1S/C14H22FNO2/c1-4-7-16-9-14(3,17)10-18-13-8-12(15)6-5-11(13)2/h5-6,8,16-17H,4,7,9-10H2,1-3H3. The molecule has 0 saturated carbocycles. The minimum atomic E-state index is -0.964. The number of aryl methyl sites for hydroxylation is 1. The average molecular weight is 255 g/mol. The summed E-state index contributed by atoms with van der Waals surface area (Å²) >= 11 is 0. The molecular weight excluding hydrogens is 233 g/mol. The van der Waals surface area contributed by atoms with Crippen molar-refractivity contribution in [3.8, 4) is 5.75 Å². The van der Waals surface area contributed by atoms with Crippen molar-refractivity contribution >= 4 is 0 Å². The molecule has 0 spiro atoms. The van der Waals surface area contributed by atoms with Gasteiger partial charge >= 0.3 is 0 Å². The van der Waals surface area contributed by atoms with Gasteiger partial charge in [0.05, 0.1) is 0 Å². The molecule has 102 valence electrons. The van der Waals surface area contributed by atoms with Crippen molar-refractivity contribution in [2.75, 3.05) is 19.7 Å². The van der Waals surface area contributed by atoms with Gasteiger partial charge < -0.3 is 15.2 Å². The molecule has 0 aliphatic carbocycles. The normalized spacial score (nSPS) is 14.3. The molecule has 0 aliphatic rings. The second-order valence-corrected chi connectivity index (χ2v) is 4.87. The summed E-state index contributed by atoms with van der Waals surface area (Å²) in [7, 11) is 0. The van der Waals surface area contributed by atoms with Crippen LogP contribution in [0, 0.1) is 12.7 Å². The maximum absolute atomic E-state index is 13.1. The fourth-order valence-electron chi connectivity index (χ4n) is 1.55. The highest BCUT2D eigenvalue weighted by Gasteiger charge is 2.21. The van der Waals surface area contributed by atoms with Crippen LogP contribution in [0.3, 0.4) is 0 Å². The molecule has 3 nitrogen and oxygen atoms in total. The molecule has 0 fully saturated rings. The lowest BCUT2D eigenvalue weighted by Crippen LogP contribution is -2.43. The Hall–Kier alpha value is -1.13. The summed E-state index contributed by atoms with van der Waals surface area (Å²) in [6.45, 7) is 7.05. The zero-order valence-corrected chi connectivity index (χ0v) is 11.3. The van der Waals surface area contributed by atoms with Gasteiger partial charge in [0.25, 0.3) is 0 Å². The van der Waals surface area contributed by atoms with Gasteiger partial charge in [0.2, 0.25) is 0 Å². The van der Waals surface area contributed by atoms with Crippen LogP contribution >= 0.6 is 0 Å². The number of hydrogen-bond donors (Lipinski definition) is 2. The first-order chi connectivity index (χ1) is 8.44. The number of aliphatic hydroxyl groups is 1. The van der Waals surface area contributed by atoms with E-state index in [-0.39, 0.29) is 12.4 Å². The summed E-state index contributed by atoms with van der Waals surface area (Å²) in [4.78, 5) is 0. The number of halogens is 1. The quantitative estimate of drug-likeness (QED) is 0.734. The number of benzene rings is 1. The van der Waals surface area contributed by atoms with E-state index >= 15 is 0 Å². The van der Waals surface area contributed by atoms with Crippen molar-refractivity contribution < 1.29 is 14.2 Å². The van der Waals surface area contributed by atoms with Crippen LogP contribution in [-0.2, 0) is 0 Å². The van der Waals surface area contributed by atoms with E-state index in [0.29, 0.717) is 12.3 Å². The number of ether oxygens (including phenoxy) is 1. The largest absolute Gasteiger partial charge is 0.490 e. The molecule has 0 aliphatic heterocycles. The van der Waals surface area contributed by atoms with E-state index in [0.717, 1.165) is 18.5 Å². The topological polar surface area (TPSA) is 41.5 Å². The van der Waals surface area contributed by atoms with Crippen molar-refractivity contribution in [2.45, 2.75) is 32.8 Å². The summed E-state index contributed by atoms with van der Waals surface area (Å²) in [5, 5.41) is 13.2. The first-order valence-corrected chi connectivity index (χ1v) is 6.26. The third-order valence-electron chi connectivity index (χ3n) is 2.62. The number of nitrogens with one attached hydrogen (secondary N) is 1.